The normalized spacial score (nSPS) is 10.4. The van der Waals surface area contributed by atoms with Crippen LogP contribution in [0.4, 0.5) is 0 Å². The van der Waals surface area contributed by atoms with Crippen LogP contribution in [0.1, 0.15) is 63.9 Å². The molecule has 5 nitrogen and oxygen atoms in total. The van der Waals surface area contributed by atoms with Gasteiger partial charge in [-0.15, -0.1) is 0 Å². The molecular formula is C23H34O5. The van der Waals surface area contributed by atoms with Gasteiger partial charge in [0.1, 0.15) is 5.75 Å². The fourth-order valence-electron chi connectivity index (χ4n) is 2.48. The monoisotopic (exact) mass is 390 g/mol. The summed E-state index contributed by atoms with van der Waals surface area (Å²) >= 11 is 0. The first-order valence-electron chi connectivity index (χ1n) is 10.2. The number of ether oxygens (including phenoxy) is 3. The van der Waals surface area contributed by atoms with Gasteiger partial charge in [0.05, 0.1) is 19.8 Å². The number of aryl methyl sites for hydroxylation is 1. The highest BCUT2D eigenvalue weighted by Crippen LogP contribution is 2.12. The molecule has 28 heavy (non-hydrogen) atoms. The van der Waals surface area contributed by atoms with E-state index < -0.39 is 0 Å². The highest BCUT2D eigenvalue weighted by Gasteiger charge is 2.04. The maximum Gasteiger partial charge on any atom is 0.333 e. The van der Waals surface area contributed by atoms with E-state index in [1.807, 2.05) is 24.3 Å². The summed E-state index contributed by atoms with van der Waals surface area (Å²) in [6.07, 6.45) is 6.71. The molecule has 0 aromatic heterocycles. The van der Waals surface area contributed by atoms with Crippen LogP contribution in [-0.2, 0) is 19.1 Å². The molecule has 0 unspecified atom stereocenters. The zero-order valence-corrected chi connectivity index (χ0v) is 17.3. The third-order valence-corrected chi connectivity index (χ3v) is 4.20. The Labute approximate surface area is 169 Å². The molecule has 1 aromatic carbocycles. The van der Waals surface area contributed by atoms with Crippen LogP contribution < -0.4 is 4.74 Å². The van der Waals surface area contributed by atoms with Gasteiger partial charge in [0.15, 0.2) is 0 Å². The van der Waals surface area contributed by atoms with Crippen molar-refractivity contribution >= 4 is 11.9 Å². The van der Waals surface area contributed by atoms with E-state index in [0.29, 0.717) is 31.8 Å². The number of rotatable bonds is 15. The van der Waals surface area contributed by atoms with Crippen molar-refractivity contribution in [1.29, 1.82) is 0 Å². The maximum atomic E-state index is 11.7. The lowest BCUT2D eigenvalue weighted by Crippen LogP contribution is -2.07. The second kappa shape index (κ2) is 14.7. The van der Waals surface area contributed by atoms with Crippen molar-refractivity contribution in [3.8, 4) is 5.75 Å². The quantitative estimate of drug-likeness (QED) is 0.235. The molecule has 0 aliphatic carbocycles. The second-order valence-corrected chi connectivity index (χ2v) is 7.02. The van der Waals surface area contributed by atoms with E-state index in [1.54, 1.807) is 6.92 Å². The number of hydrogen-bond donors (Lipinski definition) is 0. The van der Waals surface area contributed by atoms with Crippen molar-refractivity contribution in [3.05, 3.63) is 42.0 Å². The van der Waals surface area contributed by atoms with Gasteiger partial charge in [-0.2, -0.15) is 0 Å². The van der Waals surface area contributed by atoms with Crippen LogP contribution in [0.15, 0.2) is 36.4 Å². The SMILES string of the molecule is C=C(C)C(=O)OCCCCCC(=O)OCCCCCCOc1ccc(C)cc1. The molecule has 1 rings (SSSR count). The van der Waals surface area contributed by atoms with Crippen LogP contribution in [0.25, 0.3) is 0 Å². The Balaban J connectivity index is 1.86. The summed E-state index contributed by atoms with van der Waals surface area (Å²) in [6.45, 7) is 8.76. The molecule has 0 bridgehead atoms. The number of carbonyl (C=O) groups is 2. The number of unbranched alkanes of at least 4 members (excludes halogenated alkanes) is 5. The summed E-state index contributed by atoms with van der Waals surface area (Å²) in [6, 6.07) is 8.07. The lowest BCUT2D eigenvalue weighted by Gasteiger charge is -2.07. The van der Waals surface area contributed by atoms with E-state index in [0.717, 1.165) is 50.7 Å². The van der Waals surface area contributed by atoms with E-state index in [2.05, 4.69) is 13.5 Å². The molecular weight excluding hydrogens is 356 g/mol. The molecule has 156 valence electrons. The van der Waals surface area contributed by atoms with Crippen LogP contribution in [-0.4, -0.2) is 31.8 Å². The second-order valence-electron chi connectivity index (χ2n) is 7.02. The van der Waals surface area contributed by atoms with Crippen molar-refractivity contribution in [2.45, 2.75) is 65.2 Å². The van der Waals surface area contributed by atoms with E-state index in [1.165, 1.54) is 5.56 Å². The van der Waals surface area contributed by atoms with Crippen molar-refractivity contribution in [3.63, 3.8) is 0 Å². The van der Waals surface area contributed by atoms with Gasteiger partial charge in [0.2, 0.25) is 0 Å². The Morgan fingerprint density at radius 1 is 0.821 bits per heavy atom. The highest BCUT2D eigenvalue weighted by molar-refractivity contribution is 5.86. The van der Waals surface area contributed by atoms with E-state index in [-0.39, 0.29) is 11.9 Å². The molecule has 0 saturated heterocycles. The summed E-state index contributed by atoms with van der Waals surface area (Å²) in [5.74, 6) is 0.399. The van der Waals surface area contributed by atoms with Gasteiger partial charge in [-0.25, -0.2) is 4.79 Å². The van der Waals surface area contributed by atoms with Crippen molar-refractivity contribution < 1.29 is 23.8 Å². The van der Waals surface area contributed by atoms with Crippen molar-refractivity contribution in [2.75, 3.05) is 19.8 Å². The standard InChI is InChI=1S/C23H34O5/c1-19(2)23(25)28-18-10-6-7-11-22(24)27-17-9-5-4-8-16-26-21-14-12-20(3)13-15-21/h12-15H,1,4-11,16-18H2,2-3H3. The van der Waals surface area contributed by atoms with Crippen LogP contribution in [0.2, 0.25) is 0 Å². The fourth-order valence-corrected chi connectivity index (χ4v) is 2.48. The highest BCUT2D eigenvalue weighted by atomic mass is 16.5. The predicted molar refractivity (Wildman–Crippen MR) is 110 cm³/mol. The Hall–Kier alpha value is -2.30. The summed E-state index contributed by atoms with van der Waals surface area (Å²) in [5.41, 5.74) is 1.63. The molecule has 0 N–H and O–H groups in total. The molecule has 0 saturated carbocycles. The van der Waals surface area contributed by atoms with E-state index >= 15 is 0 Å². The molecule has 0 aliphatic heterocycles. The zero-order valence-electron chi connectivity index (χ0n) is 17.3. The van der Waals surface area contributed by atoms with Crippen LogP contribution in [0, 0.1) is 6.92 Å². The summed E-state index contributed by atoms with van der Waals surface area (Å²) < 4.78 is 15.9. The van der Waals surface area contributed by atoms with Gasteiger partial charge >= 0.3 is 11.9 Å². The summed E-state index contributed by atoms with van der Waals surface area (Å²) in [7, 11) is 0. The Morgan fingerprint density at radius 2 is 1.39 bits per heavy atom. The van der Waals surface area contributed by atoms with Gasteiger partial charge in [-0.3, -0.25) is 4.79 Å². The minimum absolute atomic E-state index is 0.151. The van der Waals surface area contributed by atoms with Crippen LogP contribution >= 0.6 is 0 Å². The molecule has 0 spiro atoms. The molecule has 0 fully saturated rings. The lowest BCUT2D eigenvalue weighted by atomic mass is 10.2. The Morgan fingerprint density at radius 3 is 2.04 bits per heavy atom. The third-order valence-electron chi connectivity index (χ3n) is 4.20. The molecule has 0 radical (unpaired) electrons. The minimum Gasteiger partial charge on any atom is -0.494 e. The van der Waals surface area contributed by atoms with E-state index in [4.69, 9.17) is 14.2 Å². The maximum absolute atomic E-state index is 11.7. The smallest absolute Gasteiger partial charge is 0.333 e. The number of benzene rings is 1. The van der Waals surface area contributed by atoms with Gasteiger partial charge in [0.25, 0.3) is 0 Å². The van der Waals surface area contributed by atoms with E-state index in [9.17, 15) is 9.59 Å². The molecule has 0 atom stereocenters. The average Bonchev–Trinajstić information content (AvgIpc) is 2.67. The van der Waals surface area contributed by atoms with Crippen LogP contribution in [0.5, 0.6) is 5.75 Å². The van der Waals surface area contributed by atoms with Crippen LogP contribution in [0.3, 0.4) is 0 Å². The largest absolute Gasteiger partial charge is 0.494 e. The third kappa shape index (κ3) is 12.2. The first-order valence-corrected chi connectivity index (χ1v) is 10.2. The fraction of sp³-hybridized carbons (Fsp3) is 0.565. The summed E-state index contributed by atoms with van der Waals surface area (Å²) in [5, 5.41) is 0. The van der Waals surface area contributed by atoms with Gasteiger partial charge < -0.3 is 14.2 Å². The van der Waals surface area contributed by atoms with Crippen molar-refractivity contribution in [1.82, 2.24) is 0 Å². The lowest BCUT2D eigenvalue weighted by molar-refractivity contribution is -0.144. The Bertz CT molecular complexity index is 592. The number of hydrogen-bond acceptors (Lipinski definition) is 5. The van der Waals surface area contributed by atoms with Gasteiger partial charge in [0, 0.05) is 12.0 Å². The average molecular weight is 391 g/mol. The Kier molecular flexibility index (Phi) is 12.5. The first-order chi connectivity index (χ1) is 13.5. The summed E-state index contributed by atoms with van der Waals surface area (Å²) in [4.78, 5) is 22.8. The molecule has 1 aromatic rings. The number of carbonyl (C=O) groups excluding carboxylic acids is 2. The molecule has 0 aliphatic rings. The molecule has 0 heterocycles. The topological polar surface area (TPSA) is 61.8 Å². The minimum atomic E-state index is -0.360. The van der Waals surface area contributed by atoms with Crippen molar-refractivity contribution in [2.24, 2.45) is 0 Å². The first kappa shape index (κ1) is 23.7. The van der Waals surface area contributed by atoms with Gasteiger partial charge in [-0.05, 0) is 70.9 Å². The van der Waals surface area contributed by atoms with Gasteiger partial charge in [-0.1, -0.05) is 24.3 Å². The zero-order chi connectivity index (χ0) is 20.6. The number of esters is 2. The molecule has 0 amide bonds. The predicted octanol–water partition coefficient (Wildman–Crippen LogP) is 5.16. The molecule has 5 heteroatoms.